The third kappa shape index (κ3) is 5.36. The number of aromatic nitrogens is 1. The Kier molecular flexibility index (Phi) is 7.47. The number of methoxy groups -OCH3 is 1. The number of hydrogen-bond acceptors (Lipinski definition) is 8. The summed E-state index contributed by atoms with van der Waals surface area (Å²) in [5, 5.41) is 12.4. The van der Waals surface area contributed by atoms with E-state index in [2.05, 4.69) is 17.9 Å². The van der Waals surface area contributed by atoms with Crippen LogP contribution in [-0.2, 0) is 16.1 Å². The number of thiazole rings is 1. The first-order valence-corrected chi connectivity index (χ1v) is 12.3. The lowest BCUT2D eigenvalue weighted by Gasteiger charge is -2.35. The minimum atomic E-state index is -0.140. The van der Waals surface area contributed by atoms with E-state index >= 15 is 0 Å². The van der Waals surface area contributed by atoms with Crippen molar-refractivity contribution in [3.05, 3.63) is 64.0 Å². The van der Waals surface area contributed by atoms with Gasteiger partial charge in [-0.1, -0.05) is 30.7 Å². The average Bonchev–Trinajstić information content (AvgIpc) is 3.37. The number of rotatable bonds is 7. The van der Waals surface area contributed by atoms with Crippen LogP contribution in [0.3, 0.4) is 0 Å². The van der Waals surface area contributed by atoms with Crippen molar-refractivity contribution >= 4 is 28.7 Å². The Bertz CT molecular complexity index is 1280. The number of aryl methyl sites for hydroxylation is 1. The van der Waals surface area contributed by atoms with Crippen LogP contribution in [0.5, 0.6) is 5.75 Å². The first kappa shape index (κ1) is 24.4. The Morgan fingerprint density at radius 2 is 2.14 bits per heavy atom. The highest BCUT2D eigenvalue weighted by molar-refractivity contribution is 7.14. The molecule has 3 aromatic rings. The topological polar surface area (TPSA) is 92.5 Å². The van der Waals surface area contributed by atoms with E-state index < -0.39 is 0 Å². The molecule has 7 nitrogen and oxygen atoms in total. The second kappa shape index (κ2) is 10.7. The number of esters is 1. The number of hydrogen-bond donors (Lipinski definition) is 0. The molecule has 0 saturated carbocycles. The Hall–Kier alpha value is -3.70. The Morgan fingerprint density at radius 3 is 2.86 bits per heavy atom. The van der Waals surface area contributed by atoms with Crippen LogP contribution in [0.25, 0.3) is 11.3 Å². The highest BCUT2D eigenvalue weighted by Gasteiger charge is 2.33. The first-order valence-electron chi connectivity index (χ1n) is 11.4. The number of nitrogens with zero attached hydrogens (tertiary/aromatic N) is 3. The van der Waals surface area contributed by atoms with Gasteiger partial charge in [0.1, 0.15) is 18.6 Å². The van der Waals surface area contributed by atoms with Crippen LogP contribution < -0.4 is 9.64 Å². The quantitative estimate of drug-likeness (QED) is 0.340. The van der Waals surface area contributed by atoms with Gasteiger partial charge in [-0.15, -0.1) is 11.3 Å². The summed E-state index contributed by atoms with van der Waals surface area (Å²) < 4.78 is 11.1. The molecule has 4 rings (SSSR count). The molecule has 1 aliphatic heterocycles. The van der Waals surface area contributed by atoms with Crippen molar-refractivity contribution in [2.24, 2.45) is 11.8 Å². The van der Waals surface area contributed by atoms with Crippen LogP contribution in [0, 0.1) is 30.1 Å². The van der Waals surface area contributed by atoms with Crippen molar-refractivity contribution < 1.29 is 19.1 Å². The monoisotopic (exact) mass is 489 g/mol. The molecule has 1 aliphatic rings. The summed E-state index contributed by atoms with van der Waals surface area (Å²) in [5.41, 5.74) is 4.38. The maximum atomic E-state index is 12.0. The Balaban J connectivity index is 1.53. The van der Waals surface area contributed by atoms with Crippen molar-refractivity contribution in [1.29, 1.82) is 5.26 Å². The molecule has 0 amide bonds. The normalized spacial score (nSPS) is 17.5. The van der Waals surface area contributed by atoms with Crippen molar-refractivity contribution in [2.45, 2.75) is 26.9 Å². The molecule has 35 heavy (non-hydrogen) atoms. The van der Waals surface area contributed by atoms with Gasteiger partial charge < -0.3 is 14.4 Å². The summed E-state index contributed by atoms with van der Waals surface area (Å²) in [4.78, 5) is 30.2. The summed E-state index contributed by atoms with van der Waals surface area (Å²) in [7, 11) is 1.44. The lowest BCUT2D eigenvalue weighted by atomic mass is 9.87. The van der Waals surface area contributed by atoms with Gasteiger partial charge in [-0.3, -0.25) is 9.59 Å². The second-order valence-corrected chi connectivity index (χ2v) is 9.63. The van der Waals surface area contributed by atoms with E-state index in [0.717, 1.165) is 47.7 Å². The molecule has 8 heteroatoms. The largest absolute Gasteiger partial charge is 0.488 e. The molecule has 0 bridgehead atoms. The Morgan fingerprint density at radius 1 is 1.31 bits per heavy atom. The molecule has 2 heterocycles. The van der Waals surface area contributed by atoms with Gasteiger partial charge in [0.15, 0.2) is 5.13 Å². The minimum Gasteiger partial charge on any atom is -0.488 e. The van der Waals surface area contributed by atoms with Crippen LogP contribution in [0.15, 0.2) is 41.8 Å². The van der Waals surface area contributed by atoms with Gasteiger partial charge in [0, 0.05) is 35.2 Å². The van der Waals surface area contributed by atoms with E-state index in [0.29, 0.717) is 22.4 Å². The molecule has 0 aliphatic carbocycles. The molecule has 0 spiro atoms. The zero-order valence-electron chi connectivity index (χ0n) is 20.0. The standard InChI is InChI=1S/C27H27N3O4S/c1-17-4-7-25(34-15-20-6-5-19(14-31)11-21(20)12-28)23(10-17)24-16-35-27(29-24)30-9-8-22(18(2)13-30)26(32)33-3/h4-7,10-11,14,16,18,22H,8-9,13,15H2,1-3H3. The van der Waals surface area contributed by atoms with Crippen LogP contribution in [0.4, 0.5) is 5.13 Å². The molecule has 2 unspecified atom stereocenters. The Labute approximate surface area is 208 Å². The summed E-state index contributed by atoms with van der Waals surface area (Å²) >= 11 is 1.57. The molecular weight excluding hydrogens is 462 g/mol. The summed E-state index contributed by atoms with van der Waals surface area (Å²) in [6, 6.07) is 13.1. The van der Waals surface area contributed by atoms with Gasteiger partial charge in [-0.25, -0.2) is 4.98 Å². The van der Waals surface area contributed by atoms with Gasteiger partial charge in [-0.05, 0) is 37.5 Å². The highest BCUT2D eigenvalue weighted by Crippen LogP contribution is 2.36. The van der Waals surface area contributed by atoms with E-state index in [1.165, 1.54) is 7.11 Å². The molecule has 1 aromatic heterocycles. The highest BCUT2D eigenvalue weighted by atomic mass is 32.1. The molecule has 2 aromatic carbocycles. The minimum absolute atomic E-state index is 0.0774. The number of carbonyl (C=O) groups excluding carboxylic acids is 2. The van der Waals surface area contributed by atoms with Crippen LogP contribution in [0.1, 0.15) is 40.4 Å². The lowest BCUT2D eigenvalue weighted by Crippen LogP contribution is -2.42. The van der Waals surface area contributed by atoms with Crippen LogP contribution >= 0.6 is 11.3 Å². The zero-order valence-corrected chi connectivity index (χ0v) is 20.8. The summed E-state index contributed by atoms with van der Waals surface area (Å²) in [6.07, 6.45) is 1.47. The maximum absolute atomic E-state index is 12.0. The van der Waals surface area contributed by atoms with Crippen molar-refractivity contribution in [3.63, 3.8) is 0 Å². The van der Waals surface area contributed by atoms with Gasteiger partial charge in [0.2, 0.25) is 0 Å². The zero-order chi connectivity index (χ0) is 24.9. The fraction of sp³-hybridized carbons (Fsp3) is 0.333. The molecule has 1 saturated heterocycles. The smallest absolute Gasteiger partial charge is 0.309 e. The number of piperidine rings is 1. The number of ether oxygens (including phenoxy) is 2. The second-order valence-electron chi connectivity index (χ2n) is 8.79. The van der Waals surface area contributed by atoms with Gasteiger partial charge in [0.25, 0.3) is 0 Å². The van der Waals surface area contributed by atoms with Gasteiger partial charge in [-0.2, -0.15) is 5.26 Å². The van der Waals surface area contributed by atoms with Crippen molar-refractivity contribution in [1.82, 2.24) is 4.98 Å². The van der Waals surface area contributed by atoms with E-state index in [9.17, 15) is 14.9 Å². The number of aldehydes is 1. The van der Waals surface area contributed by atoms with E-state index in [-0.39, 0.29) is 24.4 Å². The van der Waals surface area contributed by atoms with E-state index in [4.69, 9.17) is 14.5 Å². The molecule has 0 N–H and O–H groups in total. The molecule has 1 fully saturated rings. The predicted molar refractivity (Wildman–Crippen MR) is 135 cm³/mol. The summed E-state index contributed by atoms with van der Waals surface area (Å²) in [5.74, 6) is 0.639. The maximum Gasteiger partial charge on any atom is 0.309 e. The number of carbonyl (C=O) groups is 2. The van der Waals surface area contributed by atoms with Crippen molar-refractivity contribution in [2.75, 3.05) is 25.1 Å². The number of benzene rings is 2. The molecule has 0 radical (unpaired) electrons. The number of anilines is 1. The first-order chi connectivity index (χ1) is 16.9. The number of nitriles is 1. The fourth-order valence-electron chi connectivity index (χ4n) is 4.38. The fourth-order valence-corrected chi connectivity index (χ4v) is 5.24. The van der Waals surface area contributed by atoms with Crippen LogP contribution in [0.2, 0.25) is 0 Å². The van der Waals surface area contributed by atoms with Gasteiger partial charge in [0.05, 0.1) is 30.4 Å². The molecule has 180 valence electrons. The van der Waals surface area contributed by atoms with Gasteiger partial charge >= 0.3 is 5.97 Å². The SMILES string of the molecule is COC(=O)C1CCN(c2nc(-c3cc(C)ccc3OCc3ccc(C=O)cc3C#N)cs2)CC1C. The predicted octanol–water partition coefficient (Wildman–Crippen LogP) is 5.02. The van der Waals surface area contributed by atoms with Crippen molar-refractivity contribution in [3.8, 4) is 23.1 Å². The third-order valence-electron chi connectivity index (χ3n) is 6.36. The molecule has 2 atom stereocenters. The van der Waals surface area contributed by atoms with E-state index in [1.54, 1.807) is 29.5 Å². The van der Waals surface area contributed by atoms with Crippen LogP contribution in [-0.4, -0.2) is 37.4 Å². The van der Waals surface area contributed by atoms with E-state index in [1.807, 2.05) is 30.5 Å². The third-order valence-corrected chi connectivity index (χ3v) is 7.26. The summed E-state index contributed by atoms with van der Waals surface area (Å²) in [6.45, 7) is 5.80. The lowest BCUT2D eigenvalue weighted by molar-refractivity contribution is -0.147. The average molecular weight is 490 g/mol. The molecular formula is C27H27N3O4S.